The van der Waals surface area contributed by atoms with Gasteiger partial charge in [-0.2, -0.15) is 5.10 Å². The molecule has 2 rings (SSSR count). The first-order chi connectivity index (χ1) is 8.74. The molecule has 0 aliphatic heterocycles. The van der Waals surface area contributed by atoms with Gasteiger partial charge in [0.25, 0.3) is 0 Å². The normalized spacial score (nSPS) is 10.9. The zero-order chi connectivity index (χ0) is 13.0. The van der Waals surface area contributed by atoms with Crippen LogP contribution in [0.4, 0.5) is 4.39 Å². The van der Waals surface area contributed by atoms with E-state index in [1.165, 1.54) is 0 Å². The lowest BCUT2D eigenvalue weighted by atomic mass is 10.2. The molecule has 1 aromatic heterocycles. The molecule has 1 heterocycles. The molecule has 1 N–H and O–H groups in total. The molecule has 0 spiro atoms. The van der Waals surface area contributed by atoms with Gasteiger partial charge in [0.2, 0.25) is 0 Å². The van der Waals surface area contributed by atoms with Gasteiger partial charge >= 0.3 is 5.97 Å². The number of benzene rings is 1. The summed E-state index contributed by atoms with van der Waals surface area (Å²) in [4.78, 5) is 11.1. The van der Waals surface area contributed by atoms with Crippen molar-refractivity contribution in [1.82, 2.24) is 9.78 Å². The van der Waals surface area contributed by atoms with Gasteiger partial charge in [0.05, 0.1) is 12.2 Å². The molecule has 2 aromatic rings. The van der Waals surface area contributed by atoms with Crippen LogP contribution in [0, 0.1) is 0 Å². The van der Waals surface area contributed by atoms with Crippen LogP contribution in [0.1, 0.15) is 29.8 Å². The van der Waals surface area contributed by atoms with Crippen LogP contribution in [0.3, 0.4) is 0 Å². The van der Waals surface area contributed by atoms with Crippen molar-refractivity contribution in [1.29, 1.82) is 0 Å². The van der Waals surface area contributed by atoms with E-state index in [-0.39, 0.29) is 12.4 Å². The lowest BCUT2D eigenvalue weighted by molar-refractivity contribution is 0.0691. The fourth-order valence-electron chi connectivity index (χ4n) is 1.99. The fourth-order valence-corrected chi connectivity index (χ4v) is 1.99. The molecule has 18 heavy (non-hydrogen) atoms. The Balaban J connectivity index is 2.24. The number of hydrogen-bond donors (Lipinski definition) is 1. The average Bonchev–Trinajstić information content (AvgIpc) is 2.74. The first-order valence-electron chi connectivity index (χ1n) is 5.99. The monoisotopic (exact) mass is 250 g/mol. The number of unbranched alkanes of at least 4 members (excludes halogenated alkanes) is 2. The number of carboxylic acids is 1. The van der Waals surface area contributed by atoms with E-state index in [2.05, 4.69) is 5.10 Å². The standard InChI is InChI=1S/C13H15FN2O2/c14-8-4-1-5-9-16-11-7-3-2-6-10(11)12(15-16)13(17)18/h2-3,6-7H,1,4-5,8-9H2,(H,17,18). The van der Waals surface area contributed by atoms with Crippen molar-refractivity contribution < 1.29 is 14.3 Å². The molecule has 0 aliphatic carbocycles. The fraction of sp³-hybridized carbons (Fsp3) is 0.385. The van der Waals surface area contributed by atoms with Gasteiger partial charge in [-0.05, 0) is 25.3 Å². The molecule has 5 heteroatoms. The average molecular weight is 250 g/mol. The maximum Gasteiger partial charge on any atom is 0.357 e. The van der Waals surface area contributed by atoms with E-state index in [0.717, 1.165) is 18.4 Å². The second-order valence-electron chi connectivity index (χ2n) is 4.14. The van der Waals surface area contributed by atoms with Crippen molar-refractivity contribution in [3.05, 3.63) is 30.0 Å². The zero-order valence-corrected chi connectivity index (χ0v) is 9.97. The van der Waals surface area contributed by atoms with E-state index >= 15 is 0 Å². The molecular formula is C13H15FN2O2. The topological polar surface area (TPSA) is 55.1 Å². The van der Waals surface area contributed by atoms with Crippen molar-refractivity contribution in [3.8, 4) is 0 Å². The van der Waals surface area contributed by atoms with Crippen LogP contribution in [0.25, 0.3) is 10.9 Å². The number of aryl methyl sites for hydroxylation is 1. The molecule has 0 radical (unpaired) electrons. The van der Waals surface area contributed by atoms with Crippen LogP contribution in [0.15, 0.2) is 24.3 Å². The van der Waals surface area contributed by atoms with Gasteiger partial charge in [-0.3, -0.25) is 9.07 Å². The molecule has 0 atom stereocenters. The zero-order valence-electron chi connectivity index (χ0n) is 9.97. The summed E-state index contributed by atoms with van der Waals surface area (Å²) in [6.07, 6.45) is 2.13. The summed E-state index contributed by atoms with van der Waals surface area (Å²) in [5.74, 6) is -1.02. The highest BCUT2D eigenvalue weighted by atomic mass is 19.1. The predicted molar refractivity (Wildman–Crippen MR) is 66.5 cm³/mol. The van der Waals surface area contributed by atoms with Crippen molar-refractivity contribution >= 4 is 16.9 Å². The number of carboxylic acid groups (broad SMARTS) is 1. The molecule has 0 saturated heterocycles. The van der Waals surface area contributed by atoms with E-state index in [0.29, 0.717) is 18.4 Å². The number of fused-ring (bicyclic) bond motifs is 1. The number of carbonyl (C=O) groups is 1. The molecule has 0 aliphatic rings. The Labute approximate surface area is 104 Å². The second-order valence-corrected chi connectivity index (χ2v) is 4.14. The molecule has 1 aromatic carbocycles. The maximum absolute atomic E-state index is 12.0. The predicted octanol–water partition coefficient (Wildman–Crippen LogP) is 2.87. The van der Waals surface area contributed by atoms with Crippen molar-refractivity contribution in [2.24, 2.45) is 0 Å². The van der Waals surface area contributed by atoms with Crippen LogP contribution < -0.4 is 0 Å². The van der Waals surface area contributed by atoms with Gasteiger partial charge < -0.3 is 5.11 Å². The van der Waals surface area contributed by atoms with Crippen LogP contribution >= 0.6 is 0 Å². The van der Waals surface area contributed by atoms with E-state index in [4.69, 9.17) is 5.11 Å². The summed E-state index contributed by atoms with van der Waals surface area (Å²) in [6.45, 7) is 0.314. The number of hydrogen-bond acceptors (Lipinski definition) is 2. The Morgan fingerprint density at radius 1 is 1.28 bits per heavy atom. The third-order valence-electron chi connectivity index (χ3n) is 2.86. The van der Waals surface area contributed by atoms with Gasteiger partial charge in [-0.1, -0.05) is 18.2 Å². The van der Waals surface area contributed by atoms with E-state index in [9.17, 15) is 9.18 Å². The van der Waals surface area contributed by atoms with Crippen LogP contribution in [-0.2, 0) is 6.54 Å². The largest absolute Gasteiger partial charge is 0.476 e. The number of halogens is 1. The smallest absolute Gasteiger partial charge is 0.357 e. The quantitative estimate of drug-likeness (QED) is 0.802. The Morgan fingerprint density at radius 2 is 2.06 bits per heavy atom. The lowest BCUT2D eigenvalue weighted by Crippen LogP contribution is -2.03. The highest BCUT2D eigenvalue weighted by Crippen LogP contribution is 2.19. The summed E-state index contributed by atoms with van der Waals surface area (Å²) in [5, 5.41) is 13.8. The van der Waals surface area contributed by atoms with Gasteiger partial charge in [-0.15, -0.1) is 0 Å². The highest BCUT2D eigenvalue weighted by Gasteiger charge is 2.15. The van der Waals surface area contributed by atoms with Gasteiger partial charge in [0, 0.05) is 11.9 Å². The minimum atomic E-state index is -1.02. The molecule has 96 valence electrons. The number of aromatic nitrogens is 2. The van der Waals surface area contributed by atoms with Gasteiger partial charge in [-0.25, -0.2) is 4.79 Å². The number of nitrogens with zero attached hydrogens (tertiary/aromatic N) is 2. The Kier molecular flexibility index (Phi) is 3.92. The molecule has 0 amide bonds. The first-order valence-corrected chi connectivity index (χ1v) is 5.99. The third-order valence-corrected chi connectivity index (χ3v) is 2.86. The number of alkyl halides is 1. The van der Waals surface area contributed by atoms with Crippen LogP contribution in [-0.4, -0.2) is 27.5 Å². The van der Waals surface area contributed by atoms with Crippen LogP contribution in [0.5, 0.6) is 0 Å². The van der Waals surface area contributed by atoms with E-state index in [1.54, 1.807) is 16.8 Å². The molecular weight excluding hydrogens is 235 g/mol. The third kappa shape index (κ3) is 2.50. The molecule has 4 nitrogen and oxygen atoms in total. The van der Waals surface area contributed by atoms with Crippen molar-refractivity contribution in [2.75, 3.05) is 6.67 Å². The Bertz CT molecular complexity index is 551. The second kappa shape index (κ2) is 5.62. The summed E-state index contributed by atoms with van der Waals surface area (Å²) in [5.41, 5.74) is 0.895. The Hall–Kier alpha value is -1.91. The Morgan fingerprint density at radius 3 is 2.78 bits per heavy atom. The number of rotatable bonds is 6. The summed E-state index contributed by atoms with van der Waals surface area (Å²) in [7, 11) is 0. The first kappa shape index (κ1) is 12.5. The molecule has 0 saturated carbocycles. The van der Waals surface area contributed by atoms with Crippen molar-refractivity contribution in [3.63, 3.8) is 0 Å². The SMILES string of the molecule is O=C(O)c1nn(CCCCCF)c2ccccc12. The molecule has 0 unspecified atom stereocenters. The summed E-state index contributed by atoms with van der Waals surface area (Å²) >= 11 is 0. The van der Waals surface area contributed by atoms with E-state index < -0.39 is 5.97 Å². The van der Waals surface area contributed by atoms with Crippen molar-refractivity contribution in [2.45, 2.75) is 25.8 Å². The number of aromatic carboxylic acids is 1. The minimum Gasteiger partial charge on any atom is -0.476 e. The molecule has 0 bridgehead atoms. The minimum absolute atomic E-state index is 0.0797. The lowest BCUT2D eigenvalue weighted by Gasteiger charge is -2.02. The summed E-state index contributed by atoms with van der Waals surface area (Å²) in [6, 6.07) is 7.26. The highest BCUT2D eigenvalue weighted by molar-refractivity contribution is 6.01. The van der Waals surface area contributed by atoms with Crippen LogP contribution in [0.2, 0.25) is 0 Å². The number of para-hydroxylation sites is 1. The molecule has 0 fully saturated rings. The van der Waals surface area contributed by atoms with Gasteiger partial charge in [0.1, 0.15) is 0 Å². The summed E-state index contributed by atoms with van der Waals surface area (Å²) < 4.78 is 13.7. The van der Waals surface area contributed by atoms with Gasteiger partial charge in [0.15, 0.2) is 5.69 Å². The van der Waals surface area contributed by atoms with E-state index in [1.807, 2.05) is 12.1 Å². The maximum atomic E-state index is 12.0.